The molecule has 31 heavy (non-hydrogen) atoms. The number of pyridine rings is 1. The van der Waals surface area contributed by atoms with Crippen LogP contribution in [0.5, 0.6) is 0 Å². The Bertz CT molecular complexity index is 965. The molecule has 0 saturated carbocycles. The molecule has 0 atom stereocenters. The zero-order chi connectivity index (χ0) is 22.2. The third-order valence-corrected chi connectivity index (χ3v) is 4.75. The van der Waals surface area contributed by atoms with E-state index in [4.69, 9.17) is 5.26 Å². The van der Waals surface area contributed by atoms with E-state index in [1.54, 1.807) is 24.4 Å². The van der Waals surface area contributed by atoms with Crippen LogP contribution in [0, 0.1) is 17.3 Å². The van der Waals surface area contributed by atoms with Crippen molar-refractivity contribution in [3.05, 3.63) is 54.1 Å². The van der Waals surface area contributed by atoms with Gasteiger partial charge in [-0.25, -0.2) is 9.18 Å². The minimum absolute atomic E-state index is 0.381. The van der Waals surface area contributed by atoms with E-state index in [2.05, 4.69) is 30.4 Å². The Kier molecular flexibility index (Phi) is 7.35. The van der Waals surface area contributed by atoms with Crippen molar-refractivity contribution >= 4 is 23.4 Å². The van der Waals surface area contributed by atoms with Gasteiger partial charge in [-0.05, 0) is 35.9 Å². The van der Waals surface area contributed by atoms with Crippen LogP contribution in [0.2, 0.25) is 0 Å². The number of urea groups is 1. The van der Waals surface area contributed by atoms with Crippen LogP contribution < -0.4 is 10.6 Å². The second-order valence-electron chi connectivity index (χ2n) is 7.34. The van der Waals surface area contributed by atoms with Crippen LogP contribution in [0.15, 0.2) is 47.7 Å². The van der Waals surface area contributed by atoms with Gasteiger partial charge in [-0.2, -0.15) is 5.26 Å². The average molecular weight is 424 g/mol. The lowest BCUT2D eigenvalue weighted by molar-refractivity contribution is 0.167. The van der Waals surface area contributed by atoms with E-state index in [-0.39, 0.29) is 0 Å². The number of carbonyl (C=O) groups is 1. The minimum atomic E-state index is -0.467. The molecule has 2 amide bonds. The summed E-state index contributed by atoms with van der Waals surface area (Å²) in [5.41, 5.74) is 1.70. The van der Waals surface area contributed by atoms with Gasteiger partial charge in [-0.1, -0.05) is 0 Å². The minimum Gasteiger partial charge on any atom is -0.348 e. The second-order valence-corrected chi connectivity index (χ2v) is 7.34. The average Bonchev–Trinajstić information content (AvgIpc) is 2.73. The lowest BCUT2D eigenvalue weighted by Gasteiger charge is -2.37. The van der Waals surface area contributed by atoms with Gasteiger partial charge in [0.25, 0.3) is 0 Å². The number of aromatic nitrogens is 1. The lowest BCUT2D eigenvalue weighted by atomic mass is 10.1. The number of aliphatic imine (C=N–C) groups is 1. The number of amides is 2. The smallest absolute Gasteiger partial charge is 0.323 e. The number of anilines is 2. The summed E-state index contributed by atoms with van der Waals surface area (Å²) < 4.78 is 14.1. The maximum Gasteiger partial charge on any atom is 0.323 e. The number of hydrogen-bond donors (Lipinski definition) is 2. The molecule has 162 valence electrons. The number of piperazine rings is 1. The molecule has 0 spiro atoms. The van der Waals surface area contributed by atoms with Crippen LogP contribution in [-0.2, 0) is 6.54 Å². The third-order valence-electron chi connectivity index (χ3n) is 4.75. The first kappa shape index (κ1) is 22.0. The van der Waals surface area contributed by atoms with E-state index < -0.39 is 11.8 Å². The van der Waals surface area contributed by atoms with E-state index in [0.717, 1.165) is 18.7 Å². The highest BCUT2D eigenvalue weighted by molar-refractivity contribution is 5.99. The number of nitrogens with zero attached hydrogens (tertiary/aromatic N) is 6. The molecule has 1 aromatic heterocycles. The van der Waals surface area contributed by atoms with Gasteiger partial charge in [0.1, 0.15) is 5.82 Å². The fourth-order valence-electron chi connectivity index (χ4n) is 3.41. The molecule has 1 aliphatic rings. The topological polar surface area (TPSA) is 99.9 Å². The first-order valence-corrected chi connectivity index (χ1v) is 9.83. The Labute approximate surface area is 180 Å². The van der Waals surface area contributed by atoms with Crippen molar-refractivity contribution in [1.82, 2.24) is 19.7 Å². The van der Waals surface area contributed by atoms with Crippen molar-refractivity contribution in [3.8, 4) is 6.19 Å². The normalized spacial score (nSPS) is 14.6. The van der Waals surface area contributed by atoms with Gasteiger partial charge in [-0.3, -0.25) is 9.88 Å². The van der Waals surface area contributed by atoms with Crippen LogP contribution in [0.1, 0.15) is 5.56 Å². The fourth-order valence-corrected chi connectivity index (χ4v) is 3.41. The van der Waals surface area contributed by atoms with Gasteiger partial charge in [0.05, 0.1) is 11.9 Å². The number of nitriles is 1. The molecule has 0 unspecified atom stereocenters. The second kappa shape index (κ2) is 10.4. The number of halogens is 1. The van der Waals surface area contributed by atoms with Gasteiger partial charge in [-0.15, -0.1) is 4.99 Å². The maximum atomic E-state index is 14.1. The quantitative estimate of drug-likeness (QED) is 0.444. The first-order valence-electron chi connectivity index (χ1n) is 9.83. The molecule has 0 bridgehead atoms. The molecule has 1 saturated heterocycles. The Hall–Kier alpha value is -3.71. The number of carbonyl (C=O) groups excluding carboxylic acids is 1. The molecule has 1 aromatic carbocycles. The molecular formula is C21H25FN8O. The largest absolute Gasteiger partial charge is 0.348 e. The van der Waals surface area contributed by atoms with E-state index >= 15 is 0 Å². The van der Waals surface area contributed by atoms with Crippen molar-refractivity contribution in [2.45, 2.75) is 6.54 Å². The van der Waals surface area contributed by atoms with Crippen LogP contribution >= 0.6 is 0 Å². The fraction of sp³-hybridized carbons (Fsp3) is 0.333. The van der Waals surface area contributed by atoms with Gasteiger partial charge >= 0.3 is 6.03 Å². The summed E-state index contributed by atoms with van der Waals surface area (Å²) in [7, 11) is 3.71. The highest BCUT2D eigenvalue weighted by atomic mass is 19.1. The summed E-state index contributed by atoms with van der Waals surface area (Å²) >= 11 is 0. The van der Waals surface area contributed by atoms with Crippen molar-refractivity contribution in [2.24, 2.45) is 4.99 Å². The first-order chi connectivity index (χ1) is 14.9. The molecule has 1 fully saturated rings. The Balaban J connectivity index is 1.58. The van der Waals surface area contributed by atoms with Gasteiger partial charge in [0.2, 0.25) is 12.2 Å². The maximum absolute atomic E-state index is 14.1. The van der Waals surface area contributed by atoms with E-state index in [1.807, 2.05) is 25.2 Å². The molecular weight excluding hydrogens is 399 g/mol. The van der Waals surface area contributed by atoms with Gasteiger partial charge in [0.15, 0.2) is 0 Å². The molecule has 0 aliphatic carbocycles. The summed E-state index contributed by atoms with van der Waals surface area (Å²) in [5.74, 6) is 0.225. The highest BCUT2D eigenvalue weighted by Gasteiger charge is 2.21. The van der Waals surface area contributed by atoms with Gasteiger partial charge in [0, 0.05) is 58.7 Å². The zero-order valence-corrected chi connectivity index (χ0v) is 17.5. The SMILES string of the molecule is CN(C)/C(=N\C#N)N1CCN(Cc2cc(F)cc(NC(=O)Nc3cccnc3)c2)CC1. The van der Waals surface area contributed by atoms with E-state index in [9.17, 15) is 9.18 Å². The number of benzene rings is 1. The zero-order valence-electron chi connectivity index (χ0n) is 17.5. The Morgan fingerprint density at radius 3 is 2.61 bits per heavy atom. The molecule has 1 aliphatic heterocycles. The van der Waals surface area contributed by atoms with E-state index in [1.165, 1.54) is 18.3 Å². The number of hydrogen-bond acceptors (Lipinski definition) is 5. The molecule has 10 heteroatoms. The summed E-state index contributed by atoms with van der Waals surface area (Å²) in [4.78, 5) is 26.1. The van der Waals surface area contributed by atoms with Crippen LogP contribution in [0.4, 0.5) is 20.6 Å². The summed E-state index contributed by atoms with van der Waals surface area (Å²) in [6.07, 6.45) is 4.98. The molecule has 2 aromatic rings. The number of rotatable bonds is 4. The number of guanidine groups is 1. The predicted molar refractivity (Wildman–Crippen MR) is 117 cm³/mol. The lowest BCUT2D eigenvalue weighted by Crippen LogP contribution is -2.51. The van der Waals surface area contributed by atoms with Crippen molar-refractivity contribution in [2.75, 3.05) is 50.9 Å². The van der Waals surface area contributed by atoms with Crippen molar-refractivity contribution < 1.29 is 9.18 Å². The van der Waals surface area contributed by atoms with Crippen LogP contribution in [0.25, 0.3) is 0 Å². The van der Waals surface area contributed by atoms with E-state index in [0.29, 0.717) is 37.0 Å². The summed E-state index contributed by atoms with van der Waals surface area (Å²) in [5, 5.41) is 14.2. The molecule has 3 rings (SSSR count). The predicted octanol–water partition coefficient (Wildman–Crippen LogP) is 2.38. The van der Waals surface area contributed by atoms with Crippen molar-refractivity contribution in [1.29, 1.82) is 5.26 Å². The summed E-state index contributed by atoms with van der Waals surface area (Å²) in [6.45, 7) is 3.48. The monoisotopic (exact) mass is 424 g/mol. The van der Waals surface area contributed by atoms with Gasteiger partial charge < -0.3 is 20.4 Å². The molecule has 0 radical (unpaired) electrons. The van der Waals surface area contributed by atoms with Crippen molar-refractivity contribution in [3.63, 3.8) is 0 Å². The third kappa shape index (κ3) is 6.38. The van der Waals surface area contributed by atoms with Crippen LogP contribution in [0.3, 0.4) is 0 Å². The Morgan fingerprint density at radius 2 is 1.97 bits per heavy atom. The highest BCUT2D eigenvalue weighted by Crippen LogP contribution is 2.17. The Morgan fingerprint density at radius 1 is 1.23 bits per heavy atom. The molecule has 2 heterocycles. The molecule has 2 N–H and O–H groups in total. The molecule has 9 nitrogen and oxygen atoms in total. The number of nitrogens with one attached hydrogen (secondary N) is 2. The summed E-state index contributed by atoms with van der Waals surface area (Å²) in [6, 6.07) is 7.48. The van der Waals surface area contributed by atoms with Crippen LogP contribution in [-0.4, -0.2) is 71.9 Å². The standard InChI is InChI=1S/C21H25FN8O/c1-28(2)21(25-15-23)30-8-6-29(7-9-30)14-16-10-17(22)12-19(11-16)27-20(31)26-18-4-3-5-24-13-18/h3-5,10-13H,6-9,14H2,1-2H3,(H2,26,27,31)/b25-21+.